The van der Waals surface area contributed by atoms with Crippen molar-refractivity contribution in [3.8, 4) is 0 Å². The fourth-order valence-corrected chi connectivity index (χ4v) is 3.24. The average molecular weight is 362 g/mol. The molecule has 2 unspecified atom stereocenters. The number of nitrogens with zero attached hydrogens (tertiary/aromatic N) is 2. The average Bonchev–Trinajstić information content (AvgIpc) is 2.93. The third-order valence-corrected chi connectivity index (χ3v) is 4.32. The van der Waals surface area contributed by atoms with Crippen LogP contribution in [0, 0.1) is 12.8 Å². The van der Waals surface area contributed by atoms with E-state index in [-0.39, 0.29) is 24.7 Å². The predicted octanol–water partition coefficient (Wildman–Crippen LogP) is 2.95. The zero-order valence-electron chi connectivity index (χ0n) is 16.4. The van der Waals surface area contributed by atoms with Gasteiger partial charge in [-0.1, -0.05) is 6.92 Å². The number of likely N-dealkylation sites (tertiary alicyclic amines) is 1. The van der Waals surface area contributed by atoms with Gasteiger partial charge in [-0.25, -0.2) is 4.79 Å². The Morgan fingerprint density at radius 3 is 2.62 bits per heavy atom. The summed E-state index contributed by atoms with van der Waals surface area (Å²) in [5, 5.41) is 0. The molecule has 144 valence electrons. The van der Waals surface area contributed by atoms with E-state index in [2.05, 4.69) is 26.0 Å². The number of ether oxygens (including phenoxy) is 2. The molecule has 2 heterocycles. The maximum atomic E-state index is 12.4. The lowest BCUT2D eigenvalue weighted by atomic mass is 9.98. The standard InChI is InChI=1S/C20H30N2O4/c1-6-16-9-14(2)10-17(21-16)11-15-12-22(13-18(15)25-8-7-23)19(24)26-20(3,4)5/h7,9-10,15,18H,6,8,11-13H2,1-5H3. The second kappa shape index (κ2) is 8.62. The van der Waals surface area contributed by atoms with Crippen LogP contribution in [0.2, 0.25) is 0 Å². The zero-order chi connectivity index (χ0) is 19.3. The van der Waals surface area contributed by atoms with E-state index in [4.69, 9.17) is 14.5 Å². The highest BCUT2D eigenvalue weighted by Crippen LogP contribution is 2.25. The van der Waals surface area contributed by atoms with Gasteiger partial charge in [-0.05, 0) is 58.2 Å². The van der Waals surface area contributed by atoms with Gasteiger partial charge in [0.1, 0.15) is 18.5 Å². The third-order valence-electron chi connectivity index (χ3n) is 4.32. The van der Waals surface area contributed by atoms with Crippen molar-refractivity contribution < 1.29 is 19.1 Å². The molecule has 0 saturated carbocycles. The summed E-state index contributed by atoms with van der Waals surface area (Å²) in [6.45, 7) is 10.7. The topological polar surface area (TPSA) is 68.7 Å². The number of hydrogen-bond acceptors (Lipinski definition) is 5. The summed E-state index contributed by atoms with van der Waals surface area (Å²) in [5.74, 6) is 0.0847. The van der Waals surface area contributed by atoms with Gasteiger partial charge in [0, 0.05) is 23.9 Å². The van der Waals surface area contributed by atoms with Gasteiger partial charge < -0.3 is 19.2 Å². The van der Waals surface area contributed by atoms with Crippen LogP contribution in [-0.2, 0) is 27.1 Å². The molecule has 0 spiro atoms. The Hall–Kier alpha value is -1.95. The van der Waals surface area contributed by atoms with Crippen LogP contribution in [0.1, 0.15) is 44.6 Å². The largest absolute Gasteiger partial charge is 0.444 e. The van der Waals surface area contributed by atoms with E-state index in [1.165, 1.54) is 5.56 Å². The maximum Gasteiger partial charge on any atom is 0.410 e. The van der Waals surface area contributed by atoms with Crippen LogP contribution in [0.25, 0.3) is 0 Å². The second-order valence-electron chi connectivity index (χ2n) is 7.87. The molecule has 0 aliphatic carbocycles. The summed E-state index contributed by atoms with van der Waals surface area (Å²) in [6, 6.07) is 4.16. The first-order chi connectivity index (χ1) is 12.2. The molecule has 0 bridgehead atoms. The Bertz CT molecular complexity index is 639. The van der Waals surface area contributed by atoms with Crippen LogP contribution in [0.3, 0.4) is 0 Å². The number of aromatic nitrogens is 1. The predicted molar refractivity (Wildman–Crippen MR) is 99.2 cm³/mol. The van der Waals surface area contributed by atoms with Crippen molar-refractivity contribution in [2.75, 3.05) is 19.7 Å². The highest BCUT2D eigenvalue weighted by Gasteiger charge is 2.38. The van der Waals surface area contributed by atoms with Crippen LogP contribution >= 0.6 is 0 Å². The van der Waals surface area contributed by atoms with Crippen LogP contribution < -0.4 is 0 Å². The fraction of sp³-hybridized carbons (Fsp3) is 0.650. The Balaban J connectivity index is 2.12. The van der Waals surface area contributed by atoms with Crippen molar-refractivity contribution in [2.45, 2.75) is 59.2 Å². The Kier molecular flexibility index (Phi) is 6.75. The number of rotatable bonds is 6. The zero-order valence-corrected chi connectivity index (χ0v) is 16.4. The molecule has 1 fully saturated rings. The Labute approximate surface area is 155 Å². The number of aryl methyl sites for hydroxylation is 2. The van der Waals surface area contributed by atoms with Gasteiger partial charge in [0.2, 0.25) is 0 Å². The normalized spacial score (nSPS) is 20.3. The van der Waals surface area contributed by atoms with E-state index >= 15 is 0 Å². The monoisotopic (exact) mass is 362 g/mol. The molecule has 1 saturated heterocycles. The lowest BCUT2D eigenvalue weighted by Gasteiger charge is -2.24. The highest BCUT2D eigenvalue weighted by molar-refractivity contribution is 5.68. The van der Waals surface area contributed by atoms with E-state index in [0.29, 0.717) is 19.5 Å². The summed E-state index contributed by atoms with van der Waals surface area (Å²) in [5.41, 5.74) is 2.70. The van der Waals surface area contributed by atoms with E-state index in [1.807, 2.05) is 20.8 Å². The van der Waals surface area contributed by atoms with Crippen molar-refractivity contribution in [1.82, 2.24) is 9.88 Å². The lowest BCUT2D eigenvalue weighted by molar-refractivity contribution is -0.114. The van der Waals surface area contributed by atoms with Crippen molar-refractivity contribution in [3.05, 3.63) is 29.1 Å². The molecule has 26 heavy (non-hydrogen) atoms. The molecule has 1 aliphatic heterocycles. The Morgan fingerprint density at radius 1 is 1.31 bits per heavy atom. The van der Waals surface area contributed by atoms with Crippen molar-refractivity contribution in [2.24, 2.45) is 5.92 Å². The Morgan fingerprint density at radius 2 is 2.00 bits per heavy atom. The number of hydrogen-bond donors (Lipinski definition) is 0. The van der Waals surface area contributed by atoms with Gasteiger partial charge in [-0.3, -0.25) is 4.98 Å². The third kappa shape index (κ3) is 5.80. The maximum absolute atomic E-state index is 12.4. The minimum atomic E-state index is -0.539. The SMILES string of the molecule is CCc1cc(C)cc(CC2CN(C(=O)OC(C)(C)C)CC2OCC=O)n1. The molecule has 1 aromatic rings. The van der Waals surface area contributed by atoms with E-state index in [1.54, 1.807) is 4.90 Å². The van der Waals surface area contributed by atoms with E-state index < -0.39 is 5.60 Å². The first-order valence-electron chi connectivity index (χ1n) is 9.21. The number of carbonyl (C=O) groups excluding carboxylic acids is 2. The molecule has 1 amide bonds. The first-order valence-corrected chi connectivity index (χ1v) is 9.21. The van der Waals surface area contributed by atoms with Gasteiger partial charge in [-0.2, -0.15) is 0 Å². The van der Waals surface area contributed by atoms with Crippen LogP contribution in [0.4, 0.5) is 4.79 Å². The van der Waals surface area contributed by atoms with Gasteiger partial charge in [0.15, 0.2) is 0 Å². The van der Waals surface area contributed by atoms with Crippen molar-refractivity contribution in [1.29, 1.82) is 0 Å². The lowest BCUT2D eigenvalue weighted by Crippen LogP contribution is -2.36. The molecule has 1 aliphatic rings. The molecule has 6 nitrogen and oxygen atoms in total. The molecule has 2 atom stereocenters. The van der Waals surface area contributed by atoms with Gasteiger partial charge in [-0.15, -0.1) is 0 Å². The smallest absolute Gasteiger partial charge is 0.410 e. The van der Waals surface area contributed by atoms with Crippen molar-refractivity contribution >= 4 is 12.4 Å². The molecule has 0 N–H and O–H groups in total. The van der Waals surface area contributed by atoms with E-state index in [0.717, 1.165) is 24.1 Å². The summed E-state index contributed by atoms with van der Waals surface area (Å²) >= 11 is 0. The van der Waals surface area contributed by atoms with Gasteiger partial charge in [0.05, 0.1) is 12.6 Å². The number of amides is 1. The number of carbonyl (C=O) groups is 2. The summed E-state index contributed by atoms with van der Waals surface area (Å²) < 4.78 is 11.2. The van der Waals surface area contributed by atoms with Gasteiger partial charge in [0.25, 0.3) is 0 Å². The first kappa shape index (κ1) is 20.4. The molecule has 2 rings (SSSR count). The second-order valence-corrected chi connectivity index (χ2v) is 7.87. The molecule has 0 radical (unpaired) electrons. The van der Waals surface area contributed by atoms with Gasteiger partial charge >= 0.3 is 6.09 Å². The molecular weight excluding hydrogens is 332 g/mol. The van der Waals surface area contributed by atoms with Crippen LogP contribution in [-0.4, -0.2) is 53.7 Å². The minimum Gasteiger partial charge on any atom is -0.444 e. The highest BCUT2D eigenvalue weighted by atomic mass is 16.6. The molecule has 0 aromatic carbocycles. The summed E-state index contributed by atoms with van der Waals surface area (Å²) in [7, 11) is 0. The summed E-state index contributed by atoms with van der Waals surface area (Å²) in [4.78, 5) is 29.5. The number of pyridine rings is 1. The van der Waals surface area contributed by atoms with Crippen LogP contribution in [0.15, 0.2) is 12.1 Å². The molecular formula is C20H30N2O4. The van der Waals surface area contributed by atoms with E-state index in [9.17, 15) is 9.59 Å². The van der Waals surface area contributed by atoms with Crippen molar-refractivity contribution in [3.63, 3.8) is 0 Å². The molecule has 6 heteroatoms. The summed E-state index contributed by atoms with van der Waals surface area (Å²) in [6.07, 6.45) is 1.80. The van der Waals surface area contributed by atoms with Crippen LogP contribution in [0.5, 0.6) is 0 Å². The molecule has 1 aromatic heterocycles. The number of aldehydes is 1. The fourth-order valence-electron chi connectivity index (χ4n) is 3.24. The minimum absolute atomic E-state index is 0.0325. The quantitative estimate of drug-likeness (QED) is 0.728.